The van der Waals surface area contributed by atoms with Crippen LogP contribution in [0.3, 0.4) is 0 Å². The fourth-order valence-corrected chi connectivity index (χ4v) is 3.14. The Morgan fingerprint density at radius 3 is 2.50 bits per heavy atom. The van der Waals surface area contributed by atoms with E-state index in [4.69, 9.17) is 4.55 Å². The number of aromatic nitrogens is 1. The molecule has 0 aliphatic rings. The minimum absolute atomic E-state index is 0.182. The maximum atomic E-state index is 13.3. The monoisotopic (exact) mass is 377 g/mol. The Bertz CT molecular complexity index is 1100. The van der Waals surface area contributed by atoms with Crippen LogP contribution in [-0.2, 0) is 10.4 Å². The molecule has 0 spiro atoms. The summed E-state index contributed by atoms with van der Waals surface area (Å²) in [5.41, 5.74) is 1.59. The van der Waals surface area contributed by atoms with E-state index in [0.717, 1.165) is 0 Å². The predicted octanol–water partition coefficient (Wildman–Crippen LogP) is 4.05. The average molecular weight is 377 g/mol. The number of pyridine rings is 1. The molecule has 8 heteroatoms. The maximum absolute atomic E-state index is 13.3. The van der Waals surface area contributed by atoms with Gasteiger partial charge in [-0.15, -0.1) is 0 Å². The van der Waals surface area contributed by atoms with Gasteiger partial charge in [0.2, 0.25) is 0 Å². The Labute approximate surface area is 149 Å². The van der Waals surface area contributed by atoms with Crippen molar-refractivity contribution in [1.82, 2.24) is 4.98 Å². The van der Waals surface area contributed by atoms with Crippen LogP contribution in [-0.4, -0.2) is 23.1 Å². The van der Waals surface area contributed by atoms with Crippen molar-refractivity contribution in [1.29, 1.82) is 0 Å². The van der Waals surface area contributed by atoms with Gasteiger partial charge in [-0.2, -0.15) is 8.42 Å². The number of phenols is 1. The molecule has 0 aliphatic heterocycles. The lowest BCUT2D eigenvalue weighted by Gasteiger charge is -2.15. The molecule has 136 valence electrons. The number of nitrogens with zero attached hydrogens (tertiary/aromatic N) is 1. The highest BCUT2D eigenvalue weighted by atomic mass is 32.3. The summed E-state index contributed by atoms with van der Waals surface area (Å²) in [6.45, 7) is 3.49. The lowest BCUT2D eigenvalue weighted by atomic mass is 9.97. The summed E-state index contributed by atoms with van der Waals surface area (Å²) in [6.07, 6.45) is 0. The highest BCUT2D eigenvalue weighted by molar-refractivity contribution is 7.81. The van der Waals surface area contributed by atoms with E-state index in [1.165, 1.54) is 30.3 Å². The van der Waals surface area contributed by atoms with E-state index in [1.807, 2.05) is 0 Å². The Balaban J connectivity index is 2.17. The van der Waals surface area contributed by atoms with E-state index in [9.17, 15) is 17.9 Å². The molecule has 0 amide bonds. The number of phenolic OH excluding ortho intramolecular Hbond substituents is 1. The molecule has 0 aliphatic carbocycles. The van der Waals surface area contributed by atoms with Crippen molar-refractivity contribution >= 4 is 21.3 Å². The molecule has 3 aromatic rings. The van der Waals surface area contributed by atoms with Crippen LogP contribution in [0.2, 0.25) is 0 Å². The highest BCUT2D eigenvalue weighted by Gasteiger charge is 2.20. The van der Waals surface area contributed by atoms with Crippen LogP contribution in [0.4, 0.5) is 4.39 Å². The SMILES string of the molecule is CC(C)c1c(O)cc(-c2ccc3cc(F)ccc3n2)cc1OS(=O)(=O)O. The molecule has 2 N–H and O–H groups in total. The second kappa shape index (κ2) is 6.54. The minimum atomic E-state index is -4.76. The molecule has 0 saturated heterocycles. The first kappa shape index (κ1) is 18.1. The molecule has 0 radical (unpaired) electrons. The number of hydrogen-bond acceptors (Lipinski definition) is 5. The first-order chi connectivity index (χ1) is 12.1. The Kier molecular flexibility index (Phi) is 4.55. The van der Waals surface area contributed by atoms with Gasteiger partial charge < -0.3 is 9.29 Å². The number of benzene rings is 2. The third kappa shape index (κ3) is 3.76. The zero-order chi connectivity index (χ0) is 19.1. The van der Waals surface area contributed by atoms with Gasteiger partial charge >= 0.3 is 10.4 Å². The predicted molar refractivity (Wildman–Crippen MR) is 95.1 cm³/mol. The topological polar surface area (TPSA) is 96.7 Å². The van der Waals surface area contributed by atoms with Crippen molar-refractivity contribution in [3.63, 3.8) is 0 Å². The number of rotatable bonds is 4. The van der Waals surface area contributed by atoms with Gasteiger partial charge in [0, 0.05) is 16.5 Å². The Hall–Kier alpha value is -2.71. The summed E-state index contributed by atoms with van der Waals surface area (Å²) in [5.74, 6) is -1.00. The average Bonchev–Trinajstić information content (AvgIpc) is 2.51. The smallest absolute Gasteiger partial charge is 0.446 e. The first-order valence-corrected chi connectivity index (χ1v) is 9.11. The molecule has 0 saturated carbocycles. The summed E-state index contributed by atoms with van der Waals surface area (Å²) in [6, 6.07) is 10.2. The molecule has 0 atom stereocenters. The van der Waals surface area contributed by atoms with Gasteiger partial charge in [-0.3, -0.25) is 4.55 Å². The molecule has 6 nitrogen and oxygen atoms in total. The van der Waals surface area contributed by atoms with E-state index in [-0.39, 0.29) is 28.8 Å². The third-order valence-corrected chi connectivity index (χ3v) is 4.23. The van der Waals surface area contributed by atoms with E-state index in [1.54, 1.807) is 26.0 Å². The molecule has 26 heavy (non-hydrogen) atoms. The highest BCUT2D eigenvalue weighted by Crippen LogP contribution is 2.39. The second-order valence-corrected chi connectivity index (χ2v) is 7.13. The molecular weight excluding hydrogens is 361 g/mol. The van der Waals surface area contributed by atoms with E-state index in [2.05, 4.69) is 9.17 Å². The zero-order valence-corrected chi connectivity index (χ0v) is 14.8. The molecule has 2 aromatic carbocycles. The summed E-state index contributed by atoms with van der Waals surface area (Å²) in [5, 5.41) is 10.9. The van der Waals surface area contributed by atoms with Crippen molar-refractivity contribution in [3.8, 4) is 22.8 Å². The van der Waals surface area contributed by atoms with E-state index in [0.29, 0.717) is 22.2 Å². The number of halogens is 1. The first-order valence-electron chi connectivity index (χ1n) is 7.74. The standard InChI is InChI=1S/C18H16FNO5S/c1-10(2)18-16(21)8-12(9-17(18)25-26(22,23)24)15-5-3-11-7-13(19)4-6-14(11)20-15/h3-10,21H,1-2H3,(H,22,23,24). The maximum Gasteiger partial charge on any atom is 0.446 e. The number of fused-ring (bicyclic) bond motifs is 1. The fourth-order valence-electron chi connectivity index (χ4n) is 2.78. The van der Waals surface area contributed by atoms with Crippen molar-refractivity contribution < 1.29 is 26.7 Å². The van der Waals surface area contributed by atoms with Crippen LogP contribution in [0.5, 0.6) is 11.5 Å². The van der Waals surface area contributed by atoms with Gasteiger partial charge in [0.05, 0.1) is 11.2 Å². The van der Waals surface area contributed by atoms with Gasteiger partial charge in [0.1, 0.15) is 11.6 Å². The second-order valence-electron chi connectivity index (χ2n) is 6.11. The van der Waals surface area contributed by atoms with Gasteiger partial charge in [0.15, 0.2) is 5.75 Å². The van der Waals surface area contributed by atoms with Crippen molar-refractivity contribution in [3.05, 3.63) is 53.8 Å². The van der Waals surface area contributed by atoms with Crippen LogP contribution in [0.25, 0.3) is 22.2 Å². The molecule has 0 fully saturated rings. The normalized spacial score (nSPS) is 11.9. The summed E-state index contributed by atoms with van der Waals surface area (Å²) in [4.78, 5) is 4.39. The van der Waals surface area contributed by atoms with Crippen LogP contribution >= 0.6 is 0 Å². The number of aromatic hydroxyl groups is 1. The van der Waals surface area contributed by atoms with E-state index < -0.39 is 10.4 Å². The van der Waals surface area contributed by atoms with E-state index >= 15 is 0 Å². The van der Waals surface area contributed by atoms with Crippen molar-refractivity contribution in [2.75, 3.05) is 0 Å². The van der Waals surface area contributed by atoms with Gasteiger partial charge in [-0.05, 0) is 42.3 Å². The largest absolute Gasteiger partial charge is 0.507 e. The Morgan fingerprint density at radius 1 is 1.12 bits per heavy atom. The van der Waals surface area contributed by atoms with Crippen LogP contribution in [0.15, 0.2) is 42.5 Å². The summed E-state index contributed by atoms with van der Waals surface area (Å²) < 4.78 is 49.2. The lowest BCUT2D eigenvalue weighted by molar-refractivity contribution is 0.382. The van der Waals surface area contributed by atoms with Gasteiger partial charge in [-0.1, -0.05) is 19.9 Å². The fraction of sp³-hybridized carbons (Fsp3) is 0.167. The Morgan fingerprint density at radius 2 is 1.85 bits per heavy atom. The lowest BCUT2D eigenvalue weighted by Crippen LogP contribution is -2.09. The minimum Gasteiger partial charge on any atom is -0.507 e. The molecule has 1 aromatic heterocycles. The van der Waals surface area contributed by atoms with Crippen molar-refractivity contribution in [2.24, 2.45) is 0 Å². The number of hydrogen-bond donors (Lipinski definition) is 2. The van der Waals surface area contributed by atoms with Gasteiger partial charge in [-0.25, -0.2) is 9.37 Å². The zero-order valence-electron chi connectivity index (χ0n) is 14.0. The third-order valence-electron chi connectivity index (χ3n) is 3.84. The van der Waals surface area contributed by atoms with Crippen LogP contribution in [0.1, 0.15) is 25.3 Å². The molecule has 0 unspecified atom stereocenters. The van der Waals surface area contributed by atoms with Gasteiger partial charge in [0.25, 0.3) is 0 Å². The van der Waals surface area contributed by atoms with Crippen LogP contribution < -0.4 is 4.18 Å². The molecular formula is C18H16FNO5S. The van der Waals surface area contributed by atoms with Crippen LogP contribution in [0, 0.1) is 5.82 Å². The summed E-state index contributed by atoms with van der Waals surface area (Å²) >= 11 is 0. The quantitative estimate of drug-likeness (QED) is 0.666. The van der Waals surface area contributed by atoms with Crippen molar-refractivity contribution in [2.45, 2.75) is 19.8 Å². The molecule has 0 bridgehead atoms. The summed E-state index contributed by atoms with van der Waals surface area (Å²) in [7, 11) is -4.76. The molecule has 3 rings (SSSR count). The molecule has 1 heterocycles.